The first-order valence-electron chi connectivity index (χ1n) is 14.2. The van der Waals surface area contributed by atoms with Crippen molar-refractivity contribution in [1.29, 1.82) is 0 Å². The summed E-state index contributed by atoms with van der Waals surface area (Å²) in [6, 6.07) is 15.7. The van der Waals surface area contributed by atoms with Crippen LogP contribution in [-0.4, -0.2) is 10.2 Å². The minimum Gasteiger partial charge on any atom is -0.508 e. The van der Waals surface area contributed by atoms with E-state index in [0.717, 1.165) is 30.6 Å². The number of hydrogen-bond donors (Lipinski definition) is 2. The van der Waals surface area contributed by atoms with Crippen molar-refractivity contribution in [3.8, 4) is 11.5 Å². The van der Waals surface area contributed by atoms with E-state index in [0.29, 0.717) is 11.5 Å². The van der Waals surface area contributed by atoms with Gasteiger partial charge in [-0.3, -0.25) is 0 Å². The molecule has 0 spiro atoms. The van der Waals surface area contributed by atoms with Crippen LogP contribution in [0, 0.1) is 17.8 Å². The van der Waals surface area contributed by atoms with E-state index in [2.05, 4.69) is 31.2 Å². The van der Waals surface area contributed by atoms with E-state index in [-0.39, 0.29) is 5.41 Å². The second-order valence-corrected chi connectivity index (χ2v) is 11.4. The number of phenolic OH excluding ortho intramolecular Hbond substituents is 2. The lowest BCUT2D eigenvalue weighted by Crippen LogP contribution is -2.35. The number of aromatic hydroxyl groups is 2. The number of benzene rings is 2. The largest absolute Gasteiger partial charge is 0.508 e. The minimum atomic E-state index is -0.00707. The monoisotopic (exact) mass is 462 g/mol. The molecule has 0 bridgehead atoms. The Morgan fingerprint density at radius 1 is 0.618 bits per heavy atom. The Morgan fingerprint density at radius 2 is 1.09 bits per heavy atom. The Morgan fingerprint density at radius 3 is 1.62 bits per heavy atom. The highest BCUT2D eigenvalue weighted by Crippen LogP contribution is 2.50. The Balaban J connectivity index is 1.32. The first kappa shape index (κ1) is 25.1. The second-order valence-electron chi connectivity index (χ2n) is 11.4. The highest BCUT2D eigenvalue weighted by atomic mass is 16.3. The molecule has 34 heavy (non-hydrogen) atoms. The van der Waals surface area contributed by atoms with Gasteiger partial charge in [0.05, 0.1) is 0 Å². The fourth-order valence-electron chi connectivity index (χ4n) is 7.07. The van der Waals surface area contributed by atoms with Crippen molar-refractivity contribution in [3.05, 3.63) is 59.7 Å². The quantitative estimate of drug-likeness (QED) is 0.346. The minimum absolute atomic E-state index is 0.00707. The normalized spacial score (nSPS) is 23.1. The summed E-state index contributed by atoms with van der Waals surface area (Å²) in [5, 5.41) is 19.7. The average molecular weight is 463 g/mol. The fraction of sp³-hybridized carbons (Fsp3) is 0.625. The van der Waals surface area contributed by atoms with Gasteiger partial charge >= 0.3 is 0 Å². The van der Waals surface area contributed by atoms with Gasteiger partial charge < -0.3 is 10.2 Å². The number of unbranched alkanes of at least 4 members (excludes halogenated alkanes) is 5. The van der Waals surface area contributed by atoms with E-state index in [9.17, 15) is 10.2 Å². The maximum atomic E-state index is 9.85. The maximum Gasteiger partial charge on any atom is 0.115 e. The van der Waals surface area contributed by atoms with Gasteiger partial charge in [0.25, 0.3) is 0 Å². The molecular formula is C32H46O2. The zero-order valence-electron chi connectivity index (χ0n) is 21.4. The van der Waals surface area contributed by atoms with Crippen LogP contribution in [0.1, 0.15) is 114 Å². The topological polar surface area (TPSA) is 40.5 Å². The zero-order valence-corrected chi connectivity index (χ0v) is 21.4. The van der Waals surface area contributed by atoms with Crippen molar-refractivity contribution >= 4 is 0 Å². The SMILES string of the molecule is CCCCCCCCC1CCC(C2CCC(c3ccc(O)cc3)(c3ccc(O)cc3)CC2)CC1. The van der Waals surface area contributed by atoms with Crippen molar-refractivity contribution in [2.75, 3.05) is 0 Å². The van der Waals surface area contributed by atoms with E-state index in [1.165, 1.54) is 94.6 Å². The summed E-state index contributed by atoms with van der Waals surface area (Å²) in [5.74, 6) is 3.42. The fourth-order valence-corrected chi connectivity index (χ4v) is 7.07. The Kier molecular flexibility index (Phi) is 8.98. The van der Waals surface area contributed by atoms with Gasteiger partial charge in [-0.1, -0.05) is 89.0 Å². The number of hydrogen-bond acceptors (Lipinski definition) is 2. The van der Waals surface area contributed by atoms with E-state index in [1.807, 2.05) is 24.3 Å². The van der Waals surface area contributed by atoms with Gasteiger partial charge in [0.15, 0.2) is 0 Å². The Hall–Kier alpha value is -1.96. The molecule has 0 atom stereocenters. The standard InChI is InChI=1S/C32H46O2/c1-2-3-4-5-6-7-8-25-9-11-26(12-10-25)27-21-23-32(24-22-27,28-13-17-30(33)18-14-28)29-15-19-31(34)20-16-29/h13-20,25-27,33-34H,2-12,21-24H2,1H3. The van der Waals surface area contributed by atoms with Crippen molar-refractivity contribution in [3.63, 3.8) is 0 Å². The van der Waals surface area contributed by atoms with Crippen molar-refractivity contribution in [1.82, 2.24) is 0 Å². The molecule has 0 heterocycles. The average Bonchev–Trinajstić information content (AvgIpc) is 2.87. The molecule has 0 amide bonds. The lowest BCUT2D eigenvalue weighted by molar-refractivity contribution is 0.140. The molecule has 2 fully saturated rings. The molecule has 2 nitrogen and oxygen atoms in total. The molecule has 2 N–H and O–H groups in total. The highest BCUT2D eigenvalue weighted by molar-refractivity contribution is 5.43. The van der Waals surface area contributed by atoms with Gasteiger partial charge in [-0.05, 0) is 91.7 Å². The van der Waals surface area contributed by atoms with Gasteiger partial charge in [-0.25, -0.2) is 0 Å². The number of rotatable bonds is 10. The van der Waals surface area contributed by atoms with Gasteiger partial charge in [-0.2, -0.15) is 0 Å². The van der Waals surface area contributed by atoms with Crippen LogP contribution in [0.5, 0.6) is 11.5 Å². The molecule has 0 unspecified atom stereocenters. The van der Waals surface area contributed by atoms with Crippen LogP contribution in [-0.2, 0) is 5.41 Å². The van der Waals surface area contributed by atoms with Crippen LogP contribution in [0.4, 0.5) is 0 Å². The third kappa shape index (κ3) is 6.18. The van der Waals surface area contributed by atoms with Gasteiger partial charge in [-0.15, -0.1) is 0 Å². The molecule has 2 heteroatoms. The van der Waals surface area contributed by atoms with Crippen LogP contribution < -0.4 is 0 Å². The Bertz CT molecular complexity index is 790. The van der Waals surface area contributed by atoms with Crippen LogP contribution in [0.3, 0.4) is 0 Å². The third-order valence-electron chi connectivity index (χ3n) is 9.25. The first-order valence-corrected chi connectivity index (χ1v) is 14.2. The van der Waals surface area contributed by atoms with Crippen LogP contribution >= 0.6 is 0 Å². The summed E-state index contributed by atoms with van der Waals surface area (Å²) in [4.78, 5) is 0. The summed E-state index contributed by atoms with van der Waals surface area (Å²) in [5.41, 5.74) is 2.60. The summed E-state index contributed by atoms with van der Waals surface area (Å²) in [6.45, 7) is 2.30. The van der Waals surface area contributed by atoms with Crippen molar-refractivity contribution < 1.29 is 10.2 Å². The third-order valence-corrected chi connectivity index (χ3v) is 9.25. The summed E-state index contributed by atoms with van der Waals surface area (Å²) >= 11 is 0. The summed E-state index contributed by atoms with van der Waals surface area (Å²) in [7, 11) is 0. The molecular weight excluding hydrogens is 416 g/mol. The predicted molar refractivity (Wildman–Crippen MR) is 142 cm³/mol. The van der Waals surface area contributed by atoms with Crippen LogP contribution in [0.15, 0.2) is 48.5 Å². The van der Waals surface area contributed by atoms with Crippen LogP contribution in [0.2, 0.25) is 0 Å². The Labute approximate surface area is 207 Å². The lowest BCUT2D eigenvalue weighted by atomic mass is 9.60. The van der Waals surface area contributed by atoms with E-state index < -0.39 is 0 Å². The number of phenols is 2. The molecule has 2 aromatic carbocycles. The molecule has 2 saturated carbocycles. The highest BCUT2D eigenvalue weighted by Gasteiger charge is 2.40. The summed E-state index contributed by atoms with van der Waals surface area (Å²) < 4.78 is 0. The van der Waals surface area contributed by atoms with Crippen molar-refractivity contribution in [2.24, 2.45) is 17.8 Å². The molecule has 4 rings (SSSR count). The molecule has 0 radical (unpaired) electrons. The first-order chi connectivity index (χ1) is 16.6. The van der Waals surface area contributed by atoms with Gasteiger partial charge in [0.2, 0.25) is 0 Å². The van der Waals surface area contributed by atoms with Crippen LogP contribution in [0.25, 0.3) is 0 Å². The van der Waals surface area contributed by atoms with Crippen molar-refractivity contribution in [2.45, 2.75) is 109 Å². The van der Waals surface area contributed by atoms with E-state index in [1.54, 1.807) is 0 Å². The molecule has 2 aromatic rings. The van der Waals surface area contributed by atoms with E-state index in [4.69, 9.17) is 0 Å². The zero-order chi connectivity index (χ0) is 23.8. The van der Waals surface area contributed by atoms with E-state index >= 15 is 0 Å². The molecule has 0 aromatic heterocycles. The van der Waals surface area contributed by atoms with Gasteiger partial charge in [0, 0.05) is 5.41 Å². The molecule has 186 valence electrons. The molecule has 0 aliphatic heterocycles. The predicted octanol–water partition coefficient (Wildman–Crippen LogP) is 9.13. The van der Waals surface area contributed by atoms with Gasteiger partial charge in [0.1, 0.15) is 11.5 Å². The maximum absolute atomic E-state index is 9.85. The molecule has 2 aliphatic carbocycles. The smallest absolute Gasteiger partial charge is 0.115 e. The molecule has 0 saturated heterocycles. The lowest BCUT2D eigenvalue weighted by Gasteiger charge is -2.44. The molecule has 2 aliphatic rings. The second kappa shape index (κ2) is 12.1. The summed E-state index contributed by atoms with van der Waals surface area (Å²) in [6.07, 6.45) is 20.7.